The highest BCUT2D eigenvalue weighted by atomic mass is 35.5. The highest BCUT2D eigenvalue weighted by molar-refractivity contribution is 6.28. The fourth-order valence-electron chi connectivity index (χ4n) is 2.34. The monoisotopic (exact) mass is 337 g/mol. The van der Waals surface area contributed by atoms with Crippen molar-refractivity contribution in [3.8, 4) is 22.8 Å². The van der Waals surface area contributed by atoms with Crippen LogP contribution in [0.4, 0.5) is 5.69 Å². The summed E-state index contributed by atoms with van der Waals surface area (Å²) < 4.78 is 7.24. The van der Waals surface area contributed by atoms with Crippen molar-refractivity contribution in [1.29, 1.82) is 0 Å². The maximum absolute atomic E-state index is 5.93. The molecule has 2 heterocycles. The summed E-state index contributed by atoms with van der Waals surface area (Å²) in [5.41, 5.74) is 9.10. The van der Waals surface area contributed by atoms with Crippen molar-refractivity contribution >= 4 is 22.9 Å². The van der Waals surface area contributed by atoms with E-state index in [4.69, 9.17) is 22.1 Å². The molecule has 4 aromatic rings. The fourth-order valence-corrected chi connectivity index (χ4v) is 2.50. The second-order valence-electron chi connectivity index (χ2n) is 5.16. The molecule has 0 amide bonds. The lowest BCUT2D eigenvalue weighted by Crippen LogP contribution is -1.95. The van der Waals surface area contributed by atoms with Gasteiger partial charge in [0.2, 0.25) is 11.2 Å². The number of fused-ring (bicyclic) bond motifs is 1. The normalized spacial score (nSPS) is 10.9. The second-order valence-corrected chi connectivity index (χ2v) is 5.50. The van der Waals surface area contributed by atoms with Crippen molar-refractivity contribution in [3.05, 3.63) is 65.9 Å². The molecule has 0 aliphatic heterocycles. The molecule has 7 heteroatoms. The molecule has 0 fully saturated rings. The summed E-state index contributed by atoms with van der Waals surface area (Å²) in [7, 11) is 0. The Morgan fingerprint density at radius 3 is 2.58 bits per heavy atom. The van der Waals surface area contributed by atoms with Crippen LogP contribution in [0, 0.1) is 0 Å². The molecular formula is C17H12ClN5O. The number of anilines is 1. The molecule has 0 saturated heterocycles. The third kappa shape index (κ3) is 2.75. The summed E-state index contributed by atoms with van der Waals surface area (Å²) in [6.45, 7) is 0. The molecule has 4 rings (SSSR count). The Balaban J connectivity index is 1.65. The highest BCUT2D eigenvalue weighted by Gasteiger charge is 2.07. The van der Waals surface area contributed by atoms with Gasteiger partial charge in [0.05, 0.1) is 0 Å². The van der Waals surface area contributed by atoms with Gasteiger partial charge < -0.3 is 10.5 Å². The lowest BCUT2D eigenvalue weighted by atomic mass is 10.1. The minimum absolute atomic E-state index is 0.186. The van der Waals surface area contributed by atoms with E-state index < -0.39 is 0 Å². The quantitative estimate of drug-likeness (QED) is 0.575. The van der Waals surface area contributed by atoms with E-state index in [-0.39, 0.29) is 5.28 Å². The number of hydrogen-bond donors (Lipinski definition) is 1. The van der Waals surface area contributed by atoms with Crippen LogP contribution in [0.3, 0.4) is 0 Å². The van der Waals surface area contributed by atoms with Crippen molar-refractivity contribution in [1.82, 2.24) is 19.8 Å². The van der Waals surface area contributed by atoms with Gasteiger partial charge in [0.15, 0.2) is 5.65 Å². The van der Waals surface area contributed by atoms with Gasteiger partial charge in [0.25, 0.3) is 0 Å². The van der Waals surface area contributed by atoms with E-state index in [1.165, 1.54) is 4.52 Å². The van der Waals surface area contributed by atoms with E-state index in [1.54, 1.807) is 12.1 Å². The molecule has 0 spiro atoms. The summed E-state index contributed by atoms with van der Waals surface area (Å²) >= 11 is 5.93. The van der Waals surface area contributed by atoms with Crippen LogP contribution < -0.4 is 10.5 Å². The Hall–Kier alpha value is -3.12. The van der Waals surface area contributed by atoms with Crippen molar-refractivity contribution in [2.75, 3.05) is 5.73 Å². The molecule has 0 radical (unpaired) electrons. The first kappa shape index (κ1) is 14.5. The van der Waals surface area contributed by atoms with Gasteiger partial charge in [0.1, 0.15) is 5.75 Å². The van der Waals surface area contributed by atoms with Crippen LogP contribution in [0.2, 0.25) is 5.28 Å². The van der Waals surface area contributed by atoms with Crippen molar-refractivity contribution in [2.24, 2.45) is 0 Å². The van der Waals surface area contributed by atoms with E-state index in [0.29, 0.717) is 17.3 Å². The Bertz CT molecular complexity index is 1010. The van der Waals surface area contributed by atoms with Gasteiger partial charge in [-0.3, -0.25) is 0 Å². The molecular weight excluding hydrogens is 326 g/mol. The summed E-state index contributed by atoms with van der Waals surface area (Å²) in [6, 6.07) is 18.9. The number of nitrogen functional groups attached to an aromatic ring is 1. The van der Waals surface area contributed by atoms with Gasteiger partial charge in [-0.2, -0.15) is 4.52 Å². The van der Waals surface area contributed by atoms with Gasteiger partial charge in [-0.05, 0) is 53.1 Å². The zero-order chi connectivity index (χ0) is 16.5. The molecule has 2 N–H and O–H groups in total. The third-order valence-corrected chi connectivity index (χ3v) is 3.74. The maximum atomic E-state index is 5.93. The maximum Gasteiger partial charge on any atom is 0.246 e. The van der Waals surface area contributed by atoms with Gasteiger partial charge in [0, 0.05) is 11.8 Å². The van der Waals surface area contributed by atoms with E-state index in [1.807, 2.05) is 48.5 Å². The molecule has 2 aromatic heterocycles. The zero-order valence-corrected chi connectivity index (χ0v) is 13.2. The van der Waals surface area contributed by atoms with Crippen LogP contribution >= 0.6 is 11.6 Å². The number of nitrogens with two attached hydrogens (primary N) is 1. The summed E-state index contributed by atoms with van der Waals surface area (Å²) in [6.07, 6.45) is 0. The van der Waals surface area contributed by atoms with Crippen LogP contribution in [-0.4, -0.2) is 19.8 Å². The first-order valence-electron chi connectivity index (χ1n) is 7.21. The first-order valence-corrected chi connectivity index (χ1v) is 7.59. The topological polar surface area (TPSA) is 78.3 Å². The predicted molar refractivity (Wildman–Crippen MR) is 92.2 cm³/mol. The Morgan fingerprint density at radius 2 is 1.75 bits per heavy atom. The molecule has 0 bridgehead atoms. The van der Waals surface area contributed by atoms with Crippen LogP contribution in [0.1, 0.15) is 0 Å². The van der Waals surface area contributed by atoms with Crippen LogP contribution in [0.25, 0.3) is 16.8 Å². The van der Waals surface area contributed by atoms with Crippen LogP contribution in [0.15, 0.2) is 60.7 Å². The molecule has 24 heavy (non-hydrogen) atoms. The highest BCUT2D eigenvalue weighted by Crippen LogP contribution is 2.27. The lowest BCUT2D eigenvalue weighted by molar-refractivity contribution is 0.452. The SMILES string of the molecule is Nc1ccc(-c2cccc(Oc3ccc4nnc(Cl)n4n3)c2)cc1. The van der Waals surface area contributed by atoms with Crippen molar-refractivity contribution < 1.29 is 4.74 Å². The predicted octanol–water partition coefficient (Wildman–Crippen LogP) is 3.82. The van der Waals surface area contributed by atoms with Gasteiger partial charge in [-0.15, -0.1) is 15.3 Å². The van der Waals surface area contributed by atoms with E-state index in [0.717, 1.165) is 16.8 Å². The van der Waals surface area contributed by atoms with Gasteiger partial charge in [-0.1, -0.05) is 24.3 Å². The van der Waals surface area contributed by atoms with E-state index in [9.17, 15) is 0 Å². The minimum atomic E-state index is 0.186. The number of aromatic nitrogens is 4. The Morgan fingerprint density at radius 1 is 0.917 bits per heavy atom. The number of benzene rings is 2. The number of hydrogen-bond acceptors (Lipinski definition) is 5. The van der Waals surface area contributed by atoms with Gasteiger partial charge >= 0.3 is 0 Å². The van der Waals surface area contributed by atoms with Crippen LogP contribution in [-0.2, 0) is 0 Å². The largest absolute Gasteiger partial charge is 0.438 e. The summed E-state index contributed by atoms with van der Waals surface area (Å²) in [5, 5.41) is 12.1. The third-order valence-electron chi connectivity index (χ3n) is 3.50. The number of nitrogens with zero attached hydrogens (tertiary/aromatic N) is 4. The second kappa shape index (κ2) is 5.82. The molecule has 0 unspecified atom stereocenters. The Labute approximate surface area is 142 Å². The Kier molecular flexibility index (Phi) is 3.51. The van der Waals surface area contributed by atoms with Crippen LogP contribution in [0.5, 0.6) is 11.6 Å². The molecule has 118 valence electrons. The summed E-state index contributed by atoms with van der Waals surface area (Å²) in [5.74, 6) is 1.07. The zero-order valence-electron chi connectivity index (χ0n) is 12.4. The van der Waals surface area contributed by atoms with Crippen molar-refractivity contribution in [3.63, 3.8) is 0 Å². The number of halogens is 1. The average molecular weight is 338 g/mol. The first-order chi connectivity index (χ1) is 11.7. The molecule has 0 saturated carbocycles. The van der Waals surface area contributed by atoms with E-state index >= 15 is 0 Å². The molecule has 0 atom stereocenters. The molecule has 0 aliphatic carbocycles. The molecule has 6 nitrogen and oxygen atoms in total. The average Bonchev–Trinajstić information content (AvgIpc) is 2.97. The van der Waals surface area contributed by atoms with Crippen molar-refractivity contribution in [2.45, 2.75) is 0 Å². The number of ether oxygens (including phenoxy) is 1. The fraction of sp³-hybridized carbons (Fsp3) is 0. The smallest absolute Gasteiger partial charge is 0.246 e. The molecule has 0 aliphatic rings. The van der Waals surface area contributed by atoms with Gasteiger partial charge in [-0.25, -0.2) is 0 Å². The summed E-state index contributed by atoms with van der Waals surface area (Å²) in [4.78, 5) is 0. The van der Waals surface area contributed by atoms with E-state index in [2.05, 4.69) is 15.3 Å². The lowest BCUT2D eigenvalue weighted by Gasteiger charge is -2.07. The molecule has 2 aromatic carbocycles. The minimum Gasteiger partial charge on any atom is -0.438 e. The number of rotatable bonds is 3. The standard InChI is InChI=1S/C17H12ClN5O/c18-17-21-20-15-8-9-16(22-23(15)17)24-14-3-1-2-12(10-14)11-4-6-13(19)7-5-11/h1-10H,19H2.